The van der Waals surface area contributed by atoms with Crippen molar-refractivity contribution in [2.24, 2.45) is 9.98 Å². The van der Waals surface area contributed by atoms with Crippen molar-refractivity contribution in [3.8, 4) is 0 Å². The van der Waals surface area contributed by atoms with Gasteiger partial charge in [0, 0.05) is 23.0 Å². The fourth-order valence-corrected chi connectivity index (χ4v) is 2.59. The van der Waals surface area contributed by atoms with Crippen LogP contribution in [0.2, 0.25) is 0 Å². The molecule has 0 bridgehead atoms. The highest BCUT2D eigenvalue weighted by Crippen LogP contribution is 2.43. The number of hydrogen-bond acceptors (Lipinski definition) is 2. The van der Waals surface area contributed by atoms with Crippen molar-refractivity contribution in [1.82, 2.24) is 0 Å². The molecule has 0 aliphatic carbocycles. The number of halogens is 1. The Morgan fingerprint density at radius 1 is 1.36 bits per heavy atom. The molecule has 1 unspecified atom stereocenters. The molecule has 0 aromatic heterocycles. The van der Waals surface area contributed by atoms with Gasteiger partial charge < -0.3 is 0 Å². The van der Waals surface area contributed by atoms with Crippen LogP contribution in [0.25, 0.3) is 5.57 Å². The van der Waals surface area contributed by atoms with Crippen molar-refractivity contribution >= 4 is 32.4 Å². The number of aliphatic imine (C=N–C) groups is 2. The van der Waals surface area contributed by atoms with Gasteiger partial charge in [-0.3, -0.25) is 9.98 Å². The van der Waals surface area contributed by atoms with Crippen LogP contribution in [0.4, 0.5) is 10.1 Å². The zero-order valence-corrected chi connectivity index (χ0v) is 14.9. The van der Waals surface area contributed by atoms with Crippen molar-refractivity contribution in [2.75, 3.05) is 0 Å². The normalized spacial score (nSPS) is 17.3. The molecular weight excluding hydrogens is 294 g/mol. The maximum Gasteiger partial charge on any atom is 0.149 e. The second kappa shape index (κ2) is 5.89. The fraction of sp³-hybridized carbons (Fsp3) is 0.333. The van der Waals surface area contributed by atoms with E-state index in [1.54, 1.807) is 12.3 Å². The molecule has 0 amide bonds. The highest BCUT2D eigenvalue weighted by molar-refractivity contribution is 7.25. The summed E-state index contributed by atoms with van der Waals surface area (Å²) in [6.07, 6.45) is 1.74. The number of hydrogen-bond donors (Lipinski definition) is 0. The lowest BCUT2D eigenvalue weighted by atomic mass is 9.81. The number of allylic oxidation sites excluding steroid dienone is 3. The summed E-state index contributed by atoms with van der Waals surface area (Å²) in [4.78, 5) is 8.58. The molecule has 1 heterocycles. The van der Waals surface area contributed by atoms with Crippen LogP contribution in [0.15, 0.2) is 39.7 Å². The predicted octanol–water partition coefficient (Wildman–Crippen LogP) is 5.42. The first-order valence-corrected chi connectivity index (χ1v) is 7.78. The summed E-state index contributed by atoms with van der Waals surface area (Å²) in [6.45, 7) is 13.6. The van der Waals surface area contributed by atoms with Gasteiger partial charge in [-0.05, 0) is 54.9 Å². The molecule has 0 saturated carbocycles. The van der Waals surface area contributed by atoms with Crippen LogP contribution in [0.3, 0.4) is 0 Å². The number of fused-ring (bicyclic) bond motifs is 1. The van der Waals surface area contributed by atoms with Gasteiger partial charge in [0.25, 0.3) is 0 Å². The van der Waals surface area contributed by atoms with Crippen LogP contribution in [-0.4, -0.2) is 11.9 Å². The van der Waals surface area contributed by atoms with Crippen LogP contribution in [-0.2, 0) is 5.41 Å². The van der Waals surface area contributed by atoms with Gasteiger partial charge in [-0.25, -0.2) is 4.39 Å². The highest BCUT2D eigenvalue weighted by Gasteiger charge is 2.34. The third-order valence-corrected chi connectivity index (χ3v) is 4.79. The molecule has 0 fully saturated rings. The number of rotatable bonds is 3. The summed E-state index contributed by atoms with van der Waals surface area (Å²) >= 11 is 0. The topological polar surface area (TPSA) is 24.7 Å². The average Bonchev–Trinajstić information content (AvgIpc) is 2.67. The first kappa shape index (κ1) is 16.8. The molecule has 4 heteroatoms. The zero-order valence-electron chi connectivity index (χ0n) is 13.8. The minimum atomic E-state index is -0.272. The lowest BCUT2D eigenvalue weighted by Gasteiger charge is -2.21. The van der Waals surface area contributed by atoms with Crippen LogP contribution in [0, 0.1) is 5.82 Å². The molecule has 1 aliphatic heterocycles. The standard InChI is InChI=1S/C18H22FN2P/c1-10(2)20-9-16(22)11(3)13-7-14-17(15(19)8-13)21-12(4)18(14,5)6/h7-9H,1,22H2,2-6H3/b16-11-,20-9-. The Balaban J connectivity index is 2.54. The van der Waals surface area contributed by atoms with Gasteiger partial charge in [-0.15, -0.1) is 9.24 Å². The summed E-state index contributed by atoms with van der Waals surface area (Å²) < 4.78 is 14.4. The van der Waals surface area contributed by atoms with Crippen LogP contribution in [0.1, 0.15) is 45.7 Å². The molecule has 1 aromatic rings. The molecule has 116 valence electrons. The molecule has 0 spiro atoms. The van der Waals surface area contributed by atoms with Crippen molar-refractivity contribution in [2.45, 2.75) is 40.0 Å². The molecule has 1 atom stereocenters. The third-order valence-electron chi connectivity index (χ3n) is 4.21. The van der Waals surface area contributed by atoms with Crippen molar-refractivity contribution in [3.63, 3.8) is 0 Å². The van der Waals surface area contributed by atoms with E-state index < -0.39 is 0 Å². The van der Waals surface area contributed by atoms with E-state index in [1.165, 1.54) is 0 Å². The minimum absolute atomic E-state index is 0.237. The minimum Gasteiger partial charge on any atom is -0.262 e. The van der Waals surface area contributed by atoms with E-state index in [0.717, 1.165) is 33.4 Å². The lowest BCUT2D eigenvalue weighted by molar-refractivity contribution is 0.625. The smallest absolute Gasteiger partial charge is 0.149 e. The van der Waals surface area contributed by atoms with E-state index in [1.807, 2.05) is 26.8 Å². The van der Waals surface area contributed by atoms with Crippen LogP contribution < -0.4 is 0 Å². The highest BCUT2D eigenvalue weighted by atomic mass is 31.0. The average molecular weight is 316 g/mol. The molecule has 0 saturated heterocycles. The van der Waals surface area contributed by atoms with E-state index in [4.69, 9.17) is 0 Å². The largest absolute Gasteiger partial charge is 0.262 e. The predicted molar refractivity (Wildman–Crippen MR) is 97.8 cm³/mol. The van der Waals surface area contributed by atoms with E-state index in [2.05, 4.69) is 39.7 Å². The first-order chi connectivity index (χ1) is 10.1. The van der Waals surface area contributed by atoms with Crippen LogP contribution in [0.5, 0.6) is 0 Å². The molecule has 1 aromatic carbocycles. The quantitative estimate of drug-likeness (QED) is 0.525. The van der Waals surface area contributed by atoms with Gasteiger partial charge in [0.15, 0.2) is 0 Å². The maximum absolute atomic E-state index is 14.4. The summed E-state index contributed by atoms with van der Waals surface area (Å²) in [5.74, 6) is -0.272. The van der Waals surface area contributed by atoms with Gasteiger partial charge in [0.05, 0.1) is 0 Å². The maximum atomic E-state index is 14.4. The molecule has 0 radical (unpaired) electrons. The SMILES string of the molecule is C=C(C)/N=C\C(P)=C(/C)c1cc(F)c2c(c1)C(C)(C)C(C)=N2. The number of benzene rings is 1. The Hall–Kier alpha value is -1.60. The van der Waals surface area contributed by atoms with Crippen LogP contribution >= 0.6 is 9.24 Å². The second-order valence-corrected chi connectivity index (χ2v) is 6.87. The van der Waals surface area contributed by atoms with Gasteiger partial charge >= 0.3 is 0 Å². The van der Waals surface area contributed by atoms with Gasteiger partial charge in [-0.2, -0.15) is 0 Å². The van der Waals surface area contributed by atoms with Gasteiger partial charge in [0.2, 0.25) is 0 Å². The number of nitrogens with zero attached hydrogens (tertiary/aromatic N) is 2. The molecule has 22 heavy (non-hydrogen) atoms. The van der Waals surface area contributed by atoms with Crippen molar-refractivity contribution in [1.29, 1.82) is 0 Å². The Labute approximate surface area is 134 Å². The molecule has 1 aliphatic rings. The molecule has 2 rings (SSSR count). The van der Waals surface area contributed by atoms with Crippen molar-refractivity contribution < 1.29 is 4.39 Å². The Morgan fingerprint density at radius 3 is 2.59 bits per heavy atom. The third kappa shape index (κ3) is 2.96. The second-order valence-electron chi connectivity index (χ2n) is 6.25. The summed E-state index contributed by atoms with van der Waals surface area (Å²) in [5.41, 5.74) is 4.67. The van der Waals surface area contributed by atoms with E-state index in [9.17, 15) is 4.39 Å². The molecular formula is C18H22FN2P. The summed E-state index contributed by atoms with van der Waals surface area (Å²) in [5, 5.41) is 0.913. The van der Waals surface area contributed by atoms with Gasteiger partial charge in [0.1, 0.15) is 11.5 Å². The monoisotopic (exact) mass is 316 g/mol. The first-order valence-electron chi connectivity index (χ1n) is 7.20. The summed E-state index contributed by atoms with van der Waals surface area (Å²) in [6, 6.07) is 3.58. The molecule has 0 N–H and O–H groups in total. The Morgan fingerprint density at radius 2 is 2.00 bits per heavy atom. The Kier molecular flexibility index (Phi) is 4.49. The summed E-state index contributed by atoms with van der Waals surface area (Å²) in [7, 11) is 2.65. The van der Waals surface area contributed by atoms with E-state index >= 15 is 0 Å². The van der Waals surface area contributed by atoms with E-state index in [-0.39, 0.29) is 11.2 Å². The fourth-order valence-electron chi connectivity index (χ4n) is 2.35. The van der Waals surface area contributed by atoms with Gasteiger partial charge in [-0.1, -0.05) is 20.4 Å². The molecule has 2 nitrogen and oxygen atoms in total. The van der Waals surface area contributed by atoms with Crippen molar-refractivity contribution in [3.05, 3.63) is 46.7 Å². The zero-order chi connectivity index (χ0) is 16.7. The Bertz CT molecular complexity index is 740. The van der Waals surface area contributed by atoms with E-state index in [0.29, 0.717) is 5.69 Å². The lowest BCUT2D eigenvalue weighted by Crippen LogP contribution is -2.22.